The summed E-state index contributed by atoms with van der Waals surface area (Å²) in [6.45, 7) is 1.71. The van der Waals surface area contributed by atoms with E-state index < -0.39 is 0 Å². The SMILES string of the molecule is COCCNC(N)=NCc1nccc2ccccc12. The second kappa shape index (κ2) is 6.70. The number of methoxy groups -OCH3 is 1. The molecule has 19 heavy (non-hydrogen) atoms. The van der Waals surface area contributed by atoms with E-state index in [2.05, 4.69) is 21.4 Å². The van der Waals surface area contributed by atoms with Crippen LogP contribution < -0.4 is 11.1 Å². The maximum Gasteiger partial charge on any atom is 0.189 e. The molecule has 2 rings (SSSR count). The Kier molecular flexibility index (Phi) is 4.69. The summed E-state index contributed by atoms with van der Waals surface area (Å²) in [4.78, 5) is 8.64. The van der Waals surface area contributed by atoms with Crippen LogP contribution in [0.3, 0.4) is 0 Å². The van der Waals surface area contributed by atoms with Crippen LogP contribution in [0, 0.1) is 0 Å². The van der Waals surface area contributed by atoms with E-state index in [-0.39, 0.29) is 0 Å². The fraction of sp³-hybridized carbons (Fsp3) is 0.286. The third kappa shape index (κ3) is 3.66. The first-order valence-corrected chi connectivity index (χ1v) is 6.16. The zero-order chi connectivity index (χ0) is 13.5. The lowest BCUT2D eigenvalue weighted by Gasteiger charge is -2.06. The number of fused-ring (bicyclic) bond motifs is 1. The number of aliphatic imine (C=N–C) groups is 1. The third-order valence-electron chi connectivity index (χ3n) is 2.77. The number of nitrogens with two attached hydrogens (primary N) is 1. The Morgan fingerprint density at radius 3 is 3.05 bits per heavy atom. The van der Waals surface area contributed by atoms with Gasteiger partial charge < -0.3 is 15.8 Å². The van der Waals surface area contributed by atoms with Crippen LogP contribution in [0.5, 0.6) is 0 Å². The van der Waals surface area contributed by atoms with Crippen molar-refractivity contribution in [2.24, 2.45) is 10.7 Å². The maximum atomic E-state index is 5.76. The molecule has 0 aliphatic heterocycles. The molecule has 2 aromatic rings. The topological polar surface area (TPSA) is 72.5 Å². The minimum Gasteiger partial charge on any atom is -0.383 e. The Morgan fingerprint density at radius 1 is 1.37 bits per heavy atom. The van der Waals surface area contributed by atoms with Crippen molar-refractivity contribution in [3.8, 4) is 0 Å². The van der Waals surface area contributed by atoms with Crippen molar-refractivity contribution in [1.82, 2.24) is 10.3 Å². The molecule has 0 aliphatic rings. The highest BCUT2D eigenvalue weighted by molar-refractivity contribution is 5.84. The summed E-state index contributed by atoms with van der Waals surface area (Å²) >= 11 is 0. The number of nitrogens with one attached hydrogen (secondary N) is 1. The van der Waals surface area contributed by atoms with Gasteiger partial charge in [0.05, 0.1) is 18.8 Å². The summed E-state index contributed by atoms with van der Waals surface area (Å²) in [5.41, 5.74) is 6.69. The molecule has 0 bridgehead atoms. The van der Waals surface area contributed by atoms with E-state index >= 15 is 0 Å². The van der Waals surface area contributed by atoms with Crippen molar-refractivity contribution in [2.45, 2.75) is 6.54 Å². The van der Waals surface area contributed by atoms with E-state index in [1.807, 2.05) is 24.3 Å². The molecule has 0 fully saturated rings. The van der Waals surface area contributed by atoms with E-state index in [0.717, 1.165) is 16.5 Å². The number of rotatable bonds is 5. The van der Waals surface area contributed by atoms with E-state index in [1.54, 1.807) is 13.3 Å². The van der Waals surface area contributed by atoms with Gasteiger partial charge in [0.1, 0.15) is 0 Å². The second-order valence-corrected chi connectivity index (χ2v) is 4.10. The molecule has 0 unspecified atom stereocenters. The van der Waals surface area contributed by atoms with Gasteiger partial charge in [-0.3, -0.25) is 4.98 Å². The van der Waals surface area contributed by atoms with Gasteiger partial charge >= 0.3 is 0 Å². The lowest BCUT2D eigenvalue weighted by molar-refractivity contribution is 0.204. The lowest BCUT2D eigenvalue weighted by Crippen LogP contribution is -2.34. The average Bonchev–Trinajstić information content (AvgIpc) is 2.45. The van der Waals surface area contributed by atoms with Crippen LogP contribution >= 0.6 is 0 Å². The summed E-state index contributed by atoms with van der Waals surface area (Å²) in [6.07, 6.45) is 1.79. The first-order valence-electron chi connectivity index (χ1n) is 6.16. The molecule has 0 saturated heterocycles. The molecular weight excluding hydrogens is 240 g/mol. The zero-order valence-electron chi connectivity index (χ0n) is 11.0. The van der Waals surface area contributed by atoms with Gasteiger partial charge in [0.25, 0.3) is 0 Å². The molecular formula is C14H18N4O. The van der Waals surface area contributed by atoms with Crippen molar-refractivity contribution < 1.29 is 4.74 Å². The van der Waals surface area contributed by atoms with Crippen molar-refractivity contribution >= 4 is 16.7 Å². The first kappa shape index (κ1) is 13.3. The Hall–Kier alpha value is -2.14. The molecule has 0 saturated carbocycles. The molecule has 0 aliphatic carbocycles. The number of hydrogen-bond donors (Lipinski definition) is 2. The van der Waals surface area contributed by atoms with Crippen LogP contribution in [0.25, 0.3) is 10.8 Å². The Bertz CT molecular complexity index is 563. The molecule has 3 N–H and O–H groups in total. The van der Waals surface area contributed by atoms with Gasteiger partial charge in [-0.05, 0) is 11.5 Å². The van der Waals surface area contributed by atoms with Gasteiger partial charge in [0.15, 0.2) is 5.96 Å². The van der Waals surface area contributed by atoms with Crippen molar-refractivity contribution in [1.29, 1.82) is 0 Å². The van der Waals surface area contributed by atoms with Crippen molar-refractivity contribution in [2.75, 3.05) is 20.3 Å². The highest BCUT2D eigenvalue weighted by atomic mass is 16.5. The van der Waals surface area contributed by atoms with Crippen LogP contribution in [0.2, 0.25) is 0 Å². The van der Waals surface area contributed by atoms with Crippen molar-refractivity contribution in [3.05, 3.63) is 42.2 Å². The smallest absolute Gasteiger partial charge is 0.189 e. The first-order chi connectivity index (χ1) is 9.31. The predicted octanol–water partition coefficient (Wildman–Crippen LogP) is 1.29. The minimum absolute atomic E-state index is 0.409. The van der Waals surface area contributed by atoms with Crippen molar-refractivity contribution in [3.63, 3.8) is 0 Å². The number of benzene rings is 1. The van der Waals surface area contributed by atoms with Gasteiger partial charge in [-0.25, -0.2) is 4.99 Å². The zero-order valence-corrected chi connectivity index (χ0v) is 11.0. The molecule has 1 aromatic heterocycles. The number of guanidine groups is 1. The standard InChI is InChI=1S/C14H18N4O/c1-19-9-8-17-14(15)18-10-13-12-5-3-2-4-11(12)6-7-16-13/h2-7H,8-10H2,1H3,(H3,15,17,18). The number of pyridine rings is 1. The molecule has 1 heterocycles. The van der Waals surface area contributed by atoms with E-state index in [4.69, 9.17) is 10.5 Å². The highest BCUT2D eigenvalue weighted by Crippen LogP contribution is 2.16. The van der Waals surface area contributed by atoms with Gasteiger partial charge in [-0.15, -0.1) is 0 Å². The minimum atomic E-state index is 0.409. The fourth-order valence-corrected chi connectivity index (χ4v) is 1.81. The number of aromatic nitrogens is 1. The number of ether oxygens (including phenoxy) is 1. The van der Waals surface area contributed by atoms with Crippen LogP contribution in [0.15, 0.2) is 41.5 Å². The van der Waals surface area contributed by atoms with E-state index in [0.29, 0.717) is 25.7 Å². The Labute approximate surface area is 112 Å². The summed E-state index contributed by atoms with van der Waals surface area (Å²) in [7, 11) is 1.65. The van der Waals surface area contributed by atoms with Crippen LogP contribution in [-0.2, 0) is 11.3 Å². The Morgan fingerprint density at radius 2 is 2.21 bits per heavy atom. The van der Waals surface area contributed by atoms with E-state index in [1.165, 1.54) is 0 Å². The molecule has 100 valence electrons. The predicted molar refractivity (Wildman–Crippen MR) is 76.9 cm³/mol. The molecule has 0 radical (unpaired) electrons. The average molecular weight is 258 g/mol. The molecule has 5 nitrogen and oxygen atoms in total. The van der Waals surface area contributed by atoms with Crippen LogP contribution in [0.4, 0.5) is 0 Å². The third-order valence-corrected chi connectivity index (χ3v) is 2.77. The fourth-order valence-electron chi connectivity index (χ4n) is 1.81. The Balaban J connectivity index is 2.07. The van der Waals surface area contributed by atoms with Gasteiger partial charge in [0, 0.05) is 25.2 Å². The summed E-state index contributed by atoms with van der Waals surface area (Å²) in [6, 6.07) is 10.1. The molecule has 0 amide bonds. The van der Waals surface area contributed by atoms with Gasteiger partial charge in [0.2, 0.25) is 0 Å². The molecule has 0 spiro atoms. The second-order valence-electron chi connectivity index (χ2n) is 4.10. The summed E-state index contributed by atoms with van der Waals surface area (Å²) < 4.78 is 4.93. The molecule has 1 aromatic carbocycles. The maximum absolute atomic E-state index is 5.76. The highest BCUT2D eigenvalue weighted by Gasteiger charge is 2.01. The molecule has 0 atom stereocenters. The quantitative estimate of drug-likeness (QED) is 0.481. The summed E-state index contributed by atoms with van der Waals surface area (Å²) in [5.74, 6) is 0.409. The van der Waals surface area contributed by atoms with Gasteiger partial charge in [-0.1, -0.05) is 24.3 Å². The van der Waals surface area contributed by atoms with Crippen LogP contribution in [-0.4, -0.2) is 31.2 Å². The lowest BCUT2D eigenvalue weighted by atomic mass is 10.1. The largest absolute Gasteiger partial charge is 0.383 e. The normalized spacial score (nSPS) is 11.7. The molecule has 5 heteroatoms. The van der Waals surface area contributed by atoms with Crippen LogP contribution in [0.1, 0.15) is 5.69 Å². The monoisotopic (exact) mass is 258 g/mol. The van der Waals surface area contributed by atoms with E-state index in [9.17, 15) is 0 Å². The number of hydrogen-bond acceptors (Lipinski definition) is 3. The summed E-state index contributed by atoms with van der Waals surface area (Å²) in [5, 5.41) is 5.25. The van der Waals surface area contributed by atoms with Gasteiger partial charge in [-0.2, -0.15) is 0 Å². The number of nitrogens with zero attached hydrogens (tertiary/aromatic N) is 2.